The summed E-state index contributed by atoms with van der Waals surface area (Å²) < 4.78 is 38.3. The van der Waals surface area contributed by atoms with Crippen molar-refractivity contribution in [2.24, 2.45) is 29.6 Å². The van der Waals surface area contributed by atoms with Crippen LogP contribution >= 0.6 is 0 Å². The Morgan fingerprint density at radius 3 is 2.16 bits per heavy atom. The number of likely N-dealkylation sites (N-methyl/N-ethyl adjacent to an activating group) is 3. The highest BCUT2D eigenvalue weighted by atomic mass is 16.7. The number of carbonyl (C=O) groups is 2. The van der Waals surface area contributed by atoms with Crippen molar-refractivity contribution >= 4 is 11.8 Å². The van der Waals surface area contributed by atoms with E-state index in [1.54, 1.807) is 55.4 Å². The number of hydrogen-bond donors (Lipinski definition) is 6. The van der Waals surface area contributed by atoms with Gasteiger partial charge in [-0.15, -0.1) is 0 Å². The molecule has 0 aromatic carbocycles. The molecule has 6 N–H and O–H groups in total. The first-order chi connectivity index (χ1) is 31.5. The minimum Gasteiger partial charge on any atom is -0.459 e. The lowest BCUT2D eigenvalue weighted by molar-refractivity contribution is -0.318. The van der Waals surface area contributed by atoms with Crippen molar-refractivity contribution in [1.82, 2.24) is 14.7 Å². The van der Waals surface area contributed by atoms with Gasteiger partial charge in [0, 0.05) is 63.5 Å². The standard InChI is InChI=1S/C51H95N3O14/c1-17-19-35-21-37(53(14)26-35)39(56)22-36(33(8)55)27-54(15)38-20-29(4)64-48(42(38)57)68-46-30(5)43(67-41-24-50(11,63-16)45(59)34(9)65-41)31(6)47(60)66-40(18-2)51(12,62)44(58)32(7)52(13)25-28(3)23-49(46,10)61/h28-38,40-46,48,55,57-59,61-62H,17-27H2,1-16H3/t28-,29-,30+,31-,32-,33+,34+,35-,36+,37+,38+,40-,41+,42-,43+,44-,45+,46-,48+,49-,50-,51-/m1/s1. The Morgan fingerprint density at radius 1 is 0.926 bits per heavy atom. The zero-order valence-corrected chi connectivity index (χ0v) is 44.5. The number of cyclic esters (lactones) is 1. The Kier molecular flexibility index (Phi) is 21.3. The van der Waals surface area contributed by atoms with Crippen LogP contribution in [0.1, 0.15) is 134 Å². The fourth-order valence-corrected chi connectivity index (χ4v) is 12.0. The van der Waals surface area contributed by atoms with Gasteiger partial charge in [-0.25, -0.2) is 0 Å². The van der Waals surface area contributed by atoms with Crippen LogP contribution < -0.4 is 0 Å². The molecule has 4 saturated heterocycles. The lowest BCUT2D eigenvalue weighted by Gasteiger charge is -2.49. The first-order valence-corrected chi connectivity index (χ1v) is 25.7. The lowest BCUT2D eigenvalue weighted by atomic mass is 9.77. The number of methoxy groups -OCH3 is 1. The maximum absolute atomic E-state index is 14.5. The van der Waals surface area contributed by atoms with Gasteiger partial charge >= 0.3 is 5.97 Å². The molecule has 4 aliphatic rings. The molecule has 0 amide bonds. The van der Waals surface area contributed by atoms with E-state index in [0.717, 1.165) is 25.8 Å². The molecule has 68 heavy (non-hydrogen) atoms. The number of ketones is 1. The number of Topliss-reactive ketones (excluding diaryl/α,β-unsaturated/α-hetero) is 1. The average Bonchev–Trinajstić information content (AvgIpc) is 3.63. The van der Waals surface area contributed by atoms with E-state index in [0.29, 0.717) is 25.4 Å². The Labute approximate surface area is 408 Å². The summed E-state index contributed by atoms with van der Waals surface area (Å²) in [5.41, 5.74) is -4.57. The number of carbonyl (C=O) groups excluding carboxylic acids is 2. The molecular weight excluding hydrogens is 879 g/mol. The van der Waals surface area contributed by atoms with E-state index in [9.17, 15) is 40.2 Å². The van der Waals surface area contributed by atoms with E-state index < -0.39 is 120 Å². The smallest absolute Gasteiger partial charge is 0.311 e. The Balaban J connectivity index is 1.73. The first kappa shape index (κ1) is 59.1. The van der Waals surface area contributed by atoms with Crippen LogP contribution in [-0.2, 0) is 38.0 Å². The molecule has 22 atom stereocenters. The van der Waals surface area contributed by atoms with Crippen LogP contribution in [0.5, 0.6) is 0 Å². The van der Waals surface area contributed by atoms with Crippen molar-refractivity contribution < 1.29 is 68.6 Å². The fraction of sp³-hybridized carbons (Fsp3) is 0.961. The SMILES string of the molecule is CCC[C@@H]1C[C@@H](C(=O)C[C@@H](CN(C)[C@H]2C[C@@H](C)O[C@@H](O[C@@H]3[C@@H](C)[C@H](O[C@H]4C[C@@](C)(OC)[C@@H](O)[C@H](C)O4)[C@@H](C)C(=O)O[C@H](CC)[C@@](C)(O)[C@H](O)[C@@H](C)N(C)C[C@H](C)C[C@@]3(C)O)[C@@H]2O)[C@H](C)O)N(C)C1. The van der Waals surface area contributed by atoms with E-state index in [1.165, 1.54) is 14.0 Å². The third kappa shape index (κ3) is 14.0. The van der Waals surface area contributed by atoms with Crippen molar-refractivity contribution in [1.29, 1.82) is 0 Å². The highest BCUT2D eigenvalue weighted by molar-refractivity contribution is 5.84. The second kappa shape index (κ2) is 24.5. The number of likely N-dealkylation sites (tertiary alicyclic amines) is 1. The van der Waals surface area contributed by atoms with Gasteiger partial charge < -0.3 is 68.9 Å². The summed E-state index contributed by atoms with van der Waals surface area (Å²) in [4.78, 5) is 34.3. The highest BCUT2D eigenvalue weighted by Gasteiger charge is 2.53. The highest BCUT2D eigenvalue weighted by Crippen LogP contribution is 2.41. The molecule has 17 nitrogen and oxygen atoms in total. The van der Waals surface area contributed by atoms with Gasteiger partial charge in [0.2, 0.25) is 0 Å². The molecule has 0 radical (unpaired) electrons. The number of ether oxygens (including phenoxy) is 6. The third-order valence-electron chi connectivity index (χ3n) is 16.5. The minimum absolute atomic E-state index is 0.0907. The number of rotatable bonds is 15. The first-order valence-electron chi connectivity index (χ1n) is 25.7. The van der Waals surface area contributed by atoms with E-state index in [1.807, 2.05) is 44.8 Å². The molecule has 0 saturated carbocycles. The van der Waals surface area contributed by atoms with Crippen molar-refractivity contribution in [3.05, 3.63) is 0 Å². The summed E-state index contributed by atoms with van der Waals surface area (Å²) in [7, 11) is 7.20. The Hall–Kier alpha value is -1.42. The summed E-state index contributed by atoms with van der Waals surface area (Å²) in [5.74, 6) is -2.66. The molecule has 0 aromatic heterocycles. The molecule has 0 aromatic rings. The maximum Gasteiger partial charge on any atom is 0.311 e. The summed E-state index contributed by atoms with van der Waals surface area (Å²) in [5, 5.41) is 70.8. The van der Waals surface area contributed by atoms with E-state index in [2.05, 4.69) is 11.8 Å². The van der Waals surface area contributed by atoms with Gasteiger partial charge in [0.15, 0.2) is 12.6 Å². The quantitative estimate of drug-likeness (QED) is 0.130. The van der Waals surface area contributed by atoms with Crippen LogP contribution in [0.15, 0.2) is 0 Å². The topological polar surface area (TPSA) is 221 Å². The molecule has 17 heteroatoms. The van der Waals surface area contributed by atoms with E-state index in [-0.39, 0.29) is 43.4 Å². The van der Waals surface area contributed by atoms with Crippen molar-refractivity contribution in [2.75, 3.05) is 47.9 Å². The molecule has 4 fully saturated rings. The summed E-state index contributed by atoms with van der Waals surface area (Å²) in [6, 6.07) is -1.30. The van der Waals surface area contributed by atoms with Gasteiger partial charge in [-0.05, 0) is 120 Å². The summed E-state index contributed by atoms with van der Waals surface area (Å²) >= 11 is 0. The predicted molar refractivity (Wildman–Crippen MR) is 257 cm³/mol. The van der Waals surface area contributed by atoms with Crippen LogP contribution in [0.25, 0.3) is 0 Å². The van der Waals surface area contributed by atoms with Gasteiger partial charge in [-0.3, -0.25) is 14.5 Å². The molecule has 4 aliphatic heterocycles. The zero-order valence-electron chi connectivity index (χ0n) is 44.5. The number of esters is 1. The minimum atomic E-state index is -1.84. The number of aliphatic hydroxyl groups is 6. The predicted octanol–water partition coefficient (Wildman–Crippen LogP) is 3.35. The molecule has 4 heterocycles. The fourth-order valence-electron chi connectivity index (χ4n) is 12.0. The largest absolute Gasteiger partial charge is 0.459 e. The van der Waals surface area contributed by atoms with E-state index >= 15 is 0 Å². The zero-order chi connectivity index (χ0) is 51.4. The lowest BCUT2D eigenvalue weighted by Crippen LogP contribution is -2.61. The van der Waals surface area contributed by atoms with Crippen molar-refractivity contribution in [2.45, 2.75) is 237 Å². The van der Waals surface area contributed by atoms with Gasteiger partial charge in [-0.2, -0.15) is 0 Å². The molecule has 0 aliphatic carbocycles. The van der Waals surface area contributed by atoms with Crippen LogP contribution in [0.4, 0.5) is 0 Å². The molecule has 398 valence electrons. The third-order valence-corrected chi connectivity index (χ3v) is 16.5. The summed E-state index contributed by atoms with van der Waals surface area (Å²) in [6.45, 7) is 22.9. The van der Waals surface area contributed by atoms with E-state index in [4.69, 9.17) is 28.4 Å². The number of hydrogen-bond acceptors (Lipinski definition) is 17. The van der Waals surface area contributed by atoms with Crippen LogP contribution in [-0.4, -0.2) is 207 Å². The molecule has 0 unspecified atom stereocenters. The van der Waals surface area contributed by atoms with Gasteiger partial charge in [0.05, 0.1) is 53.7 Å². The monoisotopic (exact) mass is 974 g/mol. The summed E-state index contributed by atoms with van der Waals surface area (Å²) in [6.07, 6.45) is -7.07. The molecular formula is C51H95N3O14. The molecule has 0 spiro atoms. The van der Waals surface area contributed by atoms with Crippen molar-refractivity contribution in [3.8, 4) is 0 Å². The normalized spacial score (nSPS) is 45.3. The second-order valence-corrected chi connectivity index (χ2v) is 22.7. The molecule has 4 rings (SSSR count). The van der Waals surface area contributed by atoms with Gasteiger partial charge in [-0.1, -0.05) is 34.1 Å². The van der Waals surface area contributed by atoms with Gasteiger partial charge in [0.25, 0.3) is 0 Å². The van der Waals surface area contributed by atoms with Crippen LogP contribution in [0, 0.1) is 29.6 Å². The average molecular weight is 974 g/mol. The number of aliphatic hydroxyl groups excluding tert-OH is 4. The second-order valence-electron chi connectivity index (χ2n) is 22.7. The van der Waals surface area contributed by atoms with Gasteiger partial charge in [0.1, 0.15) is 35.8 Å². The van der Waals surface area contributed by atoms with Crippen LogP contribution in [0.2, 0.25) is 0 Å². The van der Waals surface area contributed by atoms with Crippen LogP contribution in [0.3, 0.4) is 0 Å². The van der Waals surface area contributed by atoms with Crippen molar-refractivity contribution in [3.63, 3.8) is 0 Å². The molecule has 0 bridgehead atoms. The maximum atomic E-state index is 14.5. The Morgan fingerprint density at radius 2 is 1.57 bits per heavy atom. The number of nitrogens with zero attached hydrogens (tertiary/aromatic N) is 3. The Bertz CT molecular complexity index is 1590.